The van der Waals surface area contributed by atoms with Gasteiger partial charge in [-0.2, -0.15) is 10.2 Å². The minimum absolute atomic E-state index is 0.390. The normalized spacial score (nSPS) is 10.9. The van der Waals surface area contributed by atoms with Crippen molar-refractivity contribution in [1.82, 2.24) is 19.6 Å². The van der Waals surface area contributed by atoms with Gasteiger partial charge in [0, 0.05) is 11.2 Å². The van der Waals surface area contributed by atoms with E-state index in [2.05, 4.69) is 34.8 Å². The van der Waals surface area contributed by atoms with E-state index in [1.54, 1.807) is 10.9 Å². The van der Waals surface area contributed by atoms with Gasteiger partial charge in [-0.1, -0.05) is 65.7 Å². The molecule has 2 aromatic carbocycles. The number of rotatable bonds is 6. The van der Waals surface area contributed by atoms with Gasteiger partial charge in [0.25, 0.3) is 0 Å². The highest BCUT2D eigenvalue weighted by molar-refractivity contribution is 7.80. The Morgan fingerprint density at radius 1 is 0.879 bits per heavy atom. The number of nitrogens with zero attached hydrogens (tertiary/aromatic N) is 4. The average Bonchev–Trinajstić information content (AvgIpc) is 3.24. The average molecular weight is 499 g/mol. The van der Waals surface area contributed by atoms with Crippen molar-refractivity contribution in [2.24, 2.45) is 0 Å². The Balaban J connectivity index is 1.45. The van der Waals surface area contributed by atoms with Crippen LogP contribution in [0.2, 0.25) is 10.0 Å². The molecule has 0 saturated heterocycles. The monoisotopic (exact) mass is 498 g/mol. The molecule has 0 spiro atoms. The summed E-state index contributed by atoms with van der Waals surface area (Å²) in [5.41, 5.74) is 6.14. The van der Waals surface area contributed by atoms with Gasteiger partial charge >= 0.3 is 0 Å². The standard InChI is InChI=1S/C24H24Cl2N6S/c1-15-8-4-5-9-18(15)13-32-17(3)22(16(2)29-32)27-24(33)28-23-21(26)14-31(30-23)12-19-10-6-7-11-20(19)25/h4-11,14H,12-13H2,1-3H3,(H2,27,28,30,33). The summed E-state index contributed by atoms with van der Waals surface area (Å²) in [6.45, 7) is 7.28. The molecule has 9 heteroatoms. The van der Waals surface area contributed by atoms with Crippen LogP contribution in [0, 0.1) is 20.8 Å². The summed E-state index contributed by atoms with van der Waals surface area (Å²) in [7, 11) is 0. The molecule has 0 fully saturated rings. The predicted octanol–water partition coefficient (Wildman–Crippen LogP) is 6.22. The largest absolute Gasteiger partial charge is 0.329 e. The molecule has 4 rings (SSSR count). The number of benzene rings is 2. The number of aromatic nitrogens is 4. The Labute approximate surface area is 208 Å². The van der Waals surface area contributed by atoms with Gasteiger partial charge in [0.1, 0.15) is 5.02 Å². The maximum atomic E-state index is 6.39. The summed E-state index contributed by atoms with van der Waals surface area (Å²) in [4.78, 5) is 0. The smallest absolute Gasteiger partial charge is 0.176 e. The highest BCUT2D eigenvalue weighted by atomic mass is 35.5. The first kappa shape index (κ1) is 23.3. The van der Waals surface area contributed by atoms with Gasteiger partial charge < -0.3 is 10.6 Å². The van der Waals surface area contributed by atoms with Crippen LogP contribution in [-0.4, -0.2) is 24.7 Å². The third kappa shape index (κ3) is 5.38. The van der Waals surface area contributed by atoms with Gasteiger partial charge in [-0.3, -0.25) is 9.36 Å². The molecule has 2 N–H and O–H groups in total. The molecule has 0 atom stereocenters. The molecule has 170 valence electrons. The van der Waals surface area contributed by atoms with Crippen molar-refractivity contribution in [1.29, 1.82) is 0 Å². The number of anilines is 2. The molecule has 2 aromatic heterocycles. The number of nitrogens with one attached hydrogen (secondary N) is 2. The third-order valence-electron chi connectivity index (χ3n) is 5.44. The minimum atomic E-state index is 0.390. The molecule has 0 radical (unpaired) electrons. The van der Waals surface area contributed by atoms with E-state index in [1.165, 1.54) is 11.1 Å². The lowest BCUT2D eigenvalue weighted by atomic mass is 10.1. The molecule has 0 unspecified atom stereocenters. The maximum absolute atomic E-state index is 6.39. The first-order valence-electron chi connectivity index (χ1n) is 10.4. The van der Waals surface area contributed by atoms with Crippen LogP contribution in [0.1, 0.15) is 28.1 Å². The van der Waals surface area contributed by atoms with Crippen LogP contribution < -0.4 is 10.6 Å². The summed E-state index contributed by atoms with van der Waals surface area (Å²) in [5.74, 6) is 0.476. The molecule has 0 amide bonds. The van der Waals surface area contributed by atoms with Crippen LogP contribution in [-0.2, 0) is 13.1 Å². The van der Waals surface area contributed by atoms with E-state index in [4.69, 9.17) is 40.5 Å². The summed E-state index contributed by atoms with van der Waals surface area (Å²) in [5, 5.41) is 17.1. The van der Waals surface area contributed by atoms with E-state index in [0.717, 1.165) is 22.6 Å². The van der Waals surface area contributed by atoms with Gasteiger partial charge in [0.15, 0.2) is 10.9 Å². The second-order valence-corrected chi connectivity index (χ2v) is 9.05. The molecule has 0 aliphatic heterocycles. The lowest BCUT2D eigenvalue weighted by molar-refractivity contribution is 0.657. The molecule has 0 saturated carbocycles. The molecule has 4 aromatic rings. The summed E-state index contributed by atoms with van der Waals surface area (Å²) in [6, 6.07) is 15.9. The second kappa shape index (κ2) is 9.95. The highest BCUT2D eigenvalue weighted by Gasteiger charge is 2.15. The number of halogens is 2. The summed E-state index contributed by atoms with van der Waals surface area (Å²) < 4.78 is 3.71. The zero-order valence-electron chi connectivity index (χ0n) is 18.6. The zero-order valence-corrected chi connectivity index (χ0v) is 20.9. The fraction of sp³-hybridized carbons (Fsp3) is 0.208. The van der Waals surface area contributed by atoms with Crippen molar-refractivity contribution >= 4 is 52.0 Å². The molecular weight excluding hydrogens is 475 g/mol. The van der Waals surface area contributed by atoms with Crippen molar-refractivity contribution in [2.45, 2.75) is 33.9 Å². The maximum Gasteiger partial charge on any atom is 0.176 e. The fourth-order valence-corrected chi connectivity index (χ4v) is 4.19. The second-order valence-electron chi connectivity index (χ2n) is 7.82. The van der Waals surface area contributed by atoms with E-state index in [1.807, 2.05) is 54.9 Å². The van der Waals surface area contributed by atoms with Crippen LogP contribution in [0.3, 0.4) is 0 Å². The SMILES string of the molecule is Cc1ccccc1Cn1nc(C)c(NC(=S)Nc2nn(Cc3ccccc3Cl)cc2Cl)c1C. The molecule has 6 nitrogen and oxygen atoms in total. The van der Waals surface area contributed by atoms with Crippen LogP contribution in [0.4, 0.5) is 11.5 Å². The van der Waals surface area contributed by atoms with Gasteiger partial charge in [-0.05, 0) is 55.7 Å². The predicted molar refractivity (Wildman–Crippen MR) is 140 cm³/mol. The Morgan fingerprint density at radius 2 is 1.58 bits per heavy atom. The first-order chi connectivity index (χ1) is 15.8. The van der Waals surface area contributed by atoms with Crippen molar-refractivity contribution in [3.8, 4) is 0 Å². The zero-order chi connectivity index (χ0) is 23.5. The number of aryl methyl sites for hydroxylation is 2. The van der Waals surface area contributed by atoms with Gasteiger partial charge in [0.05, 0.1) is 30.2 Å². The quantitative estimate of drug-likeness (QED) is 0.309. The minimum Gasteiger partial charge on any atom is -0.329 e. The lowest BCUT2D eigenvalue weighted by Gasteiger charge is -2.11. The number of thiocarbonyl (C=S) groups is 1. The number of hydrogen-bond donors (Lipinski definition) is 2. The van der Waals surface area contributed by atoms with Gasteiger partial charge in [0.2, 0.25) is 0 Å². The topological polar surface area (TPSA) is 59.7 Å². The van der Waals surface area contributed by atoms with Crippen LogP contribution in [0.5, 0.6) is 0 Å². The van der Waals surface area contributed by atoms with Crippen LogP contribution >= 0.6 is 35.4 Å². The molecule has 0 aliphatic carbocycles. The third-order valence-corrected chi connectivity index (χ3v) is 6.29. The summed E-state index contributed by atoms with van der Waals surface area (Å²) >= 11 is 18.2. The molecule has 0 bridgehead atoms. The van der Waals surface area contributed by atoms with Gasteiger partial charge in [-0.15, -0.1) is 0 Å². The molecule has 33 heavy (non-hydrogen) atoms. The van der Waals surface area contributed by atoms with E-state index in [0.29, 0.717) is 34.1 Å². The Bertz CT molecular complexity index is 1310. The number of hydrogen-bond acceptors (Lipinski definition) is 3. The van der Waals surface area contributed by atoms with Crippen LogP contribution in [0.15, 0.2) is 54.7 Å². The van der Waals surface area contributed by atoms with Crippen molar-refractivity contribution in [2.75, 3.05) is 10.6 Å². The molecule has 0 aliphatic rings. The Kier molecular flexibility index (Phi) is 7.02. The van der Waals surface area contributed by atoms with E-state index in [9.17, 15) is 0 Å². The van der Waals surface area contributed by atoms with Gasteiger partial charge in [-0.25, -0.2) is 0 Å². The Morgan fingerprint density at radius 3 is 2.30 bits per heavy atom. The van der Waals surface area contributed by atoms with Crippen LogP contribution in [0.25, 0.3) is 0 Å². The molecular formula is C24H24Cl2N6S. The first-order valence-corrected chi connectivity index (χ1v) is 11.6. The van der Waals surface area contributed by atoms with E-state index >= 15 is 0 Å². The van der Waals surface area contributed by atoms with Crippen molar-refractivity contribution in [3.63, 3.8) is 0 Å². The summed E-state index contributed by atoms with van der Waals surface area (Å²) in [6.07, 6.45) is 1.74. The molecule has 2 heterocycles. The van der Waals surface area contributed by atoms with E-state index in [-0.39, 0.29) is 0 Å². The van der Waals surface area contributed by atoms with Crippen molar-refractivity contribution < 1.29 is 0 Å². The fourth-order valence-electron chi connectivity index (χ4n) is 3.60. The highest BCUT2D eigenvalue weighted by Crippen LogP contribution is 2.24. The lowest BCUT2D eigenvalue weighted by Crippen LogP contribution is -2.20. The van der Waals surface area contributed by atoms with Crippen molar-refractivity contribution in [3.05, 3.63) is 92.9 Å². The Hall–Kier alpha value is -2.87. The van der Waals surface area contributed by atoms with E-state index < -0.39 is 0 Å².